The molecule has 0 spiro atoms. The number of hydrogen-bond donors (Lipinski definition) is 2. The van der Waals surface area contributed by atoms with Crippen molar-refractivity contribution in [3.63, 3.8) is 0 Å². The summed E-state index contributed by atoms with van der Waals surface area (Å²) in [6, 6.07) is 8.60. The van der Waals surface area contributed by atoms with Gasteiger partial charge in [0, 0.05) is 30.0 Å². The second-order valence-corrected chi connectivity index (χ2v) is 8.82. The van der Waals surface area contributed by atoms with Crippen molar-refractivity contribution >= 4 is 22.7 Å². The fourth-order valence-electron chi connectivity index (χ4n) is 4.50. The normalized spacial score (nSPS) is 28.2. The second-order valence-electron chi connectivity index (χ2n) is 8.82. The highest BCUT2D eigenvalue weighted by molar-refractivity contribution is 6.01. The van der Waals surface area contributed by atoms with Crippen molar-refractivity contribution in [2.75, 3.05) is 13.1 Å². The summed E-state index contributed by atoms with van der Waals surface area (Å²) in [4.78, 5) is 28.2. The Kier molecular flexibility index (Phi) is 4.30. The maximum absolute atomic E-state index is 12.2. The van der Waals surface area contributed by atoms with Crippen molar-refractivity contribution in [2.45, 2.75) is 51.4 Å². The first-order valence-electron chi connectivity index (χ1n) is 9.75. The Hall–Kier alpha value is -2.27. The van der Waals surface area contributed by atoms with Gasteiger partial charge >= 0.3 is 0 Å². The molecule has 4 rings (SSSR count). The molecule has 0 radical (unpaired) electrons. The van der Waals surface area contributed by atoms with Gasteiger partial charge in [-0.2, -0.15) is 0 Å². The molecule has 2 aromatic rings. The highest BCUT2D eigenvalue weighted by Crippen LogP contribution is 2.46. The van der Waals surface area contributed by atoms with Gasteiger partial charge in [0.25, 0.3) is 0 Å². The fraction of sp³-hybridized carbons (Fsp3) is 0.500. The smallest absolute Gasteiger partial charge is 0.234 e. The lowest BCUT2D eigenvalue weighted by Gasteiger charge is -2.49. The summed E-state index contributed by atoms with van der Waals surface area (Å²) in [5, 5.41) is 7.02. The molecule has 2 unspecified atom stereocenters. The fourth-order valence-corrected chi connectivity index (χ4v) is 4.50. The standard InChI is InChI=1S/C22H27N3O2/c1-21(2)13-23-9-8-22(21,3)16-4-6-18-14(11-16)10-15(12-24-18)17-5-7-19(26)25-20(17)27/h4,6,10-12,17,23H,5,7-9,13H2,1-3H3,(H,25,26,27). The number of carbonyl (C=O) groups excluding carboxylic acids is 2. The van der Waals surface area contributed by atoms with Crippen molar-refractivity contribution < 1.29 is 9.59 Å². The number of imide groups is 1. The Morgan fingerprint density at radius 3 is 2.70 bits per heavy atom. The number of nitrogens with one attached hydrogen (secondary N) is 2. The van der Waals surface area contributed by atoms with E-state index in [1.165, 1.54) is 5.56 Å². The average Bonchev–Trinajstić information content (AvgIpc) is 2.63. The molecular formula is C22H27N3O2. The highest BCUT2D eigenvalue weighted by atomic mass is 16.2. The largest absolute Gasteiger partial charge is 0.316 e. The second kappa shape index (κ2) is 6.41. The Labute approximate surface area is 159 Å². The lowest BCUT2D eigenvalue weighted by Crippen LogP contribution is -2.52. The monoisotopic (exact) mass is 365 g/mol. The van der Waals surface area contributed by atoms with Crippen LogP contribution in [0, 0.1) is 5.41 Å². The molecular weight excluding hydrogens is 338 g/mol. The van der Waals surface area contributed by atoms with E-state index < -0.39 is 0 Å². The summed E-state index contributed by atoms with van der Waals surface area (Å²) in [5.74, 6) is -0.697. The number of rotatable bonds is 2. The predicted octanol–water partition coefficient (Wildman–Crippen LogP) is 3.03. The van der Waals surface area contributed by atoms with E-state index >= 15 is 0 Å². The Morgan fingerprint density at radius 1 is 1.15 bits per heavy atom. The number of pyridine rings is 1. The molecule has 1 aromatic heterocycles. The number of amides is 2. The Morgan fingerprint density at radius 2 is 1.96 bits per heavy atom. The van der Waals surface area contributed by atoms with Gasteiger partial charge in [-0.05, 0) is 54.1 Å². The Balaban J connectivity index is 1.73. The van der Waals surface area contributed by atoms with Gasteiger partial charge in [0.15, 0.2) is 0 Å². The van der Waals surface area contributed by atoms with Crippen LogP contribution in [0.4, 0.5) is 0 Å². The van der Waals surface area contributed by atoms with E-state index in [0.717, 1.165) is 36.0 Å². The quantitative estimate of drug-likeness (QED) is 0.803. The summed E-state index contributed by atoms with van der Waals surface area (Å²) in [6.07, 6.45) is 3.80. The first kappa shape index (κ1) is 18.1. The minimum absolute atomic E-state index is 0.0804. The third kappa shape index (κ3) is 3.04. The van der Waals surface area contributed by atoms with Crippen molar-refractivity contribution in [3.05, 3.63) is 41.6 Å². The van der Waals surface area contributed by atoms with Gasteiger partial charge in [0.1, 0.15) is 0 Å². The van der Waals surface area contributed by atoms with Gasteiger partial charge in [-0.1, -0.05) is 26.8 Å². The summed E-state index contributed by atoms with van der Waals surface area (Å²) in [6.45, 7) is 9.01. The molecule has 27 heavy (non-hydrogen) atoms. The van der Waals surface area contributed by atoms with E-state index in [1.807, 2.05) is 0 Å². The van der Waals surface area contributed by atoms with Crippen LogP contribution in [-0.2, 0) is 15.0 Å². The number of piperidine rings is 2. The third-order valence-electron chi connectivity index (χ3n) is 6.84. The van der Waals surface area contributed by atoms with Crippen molar-refractivity contribution in [1.29, 1.82) is 0 Å². The predicted molar refractivity (Wildman–Crippen MR) is 105 cm³/mol. The van der Waals surface area contributed by atoms with E-state index in [4.69, 9.17) is 0 Å². The zero-order valence-corrected chi connectivity index (χ0v) is 16.3. The van der Waals surface area contributed by atoms with E-state index in [1.54, 1.807) is 6.20 Å². The van der Waals surface area contributed by atoms with Gasteiger partial charge in [-0.25, -0.2) is 0 Å². The molecule has 2 aliphatic rings. The third-order valence-corrected chi connectivity index (χ3v) is 6.84. The number of hydrogen-bond acceptors (Lipinski definition) is 4. The molecule has 5 nitrogen and oxygen atoms in total. The molecule has 3 heterocycles. The maximum atomic E-state index is 12.2. The maximum Gasteiger partial charge on any atom is 0.234 e. The first-order valence-corrected chi connectivity index (χ1v) is 9.75. The summed E-state index contributed by atoms with van der Waals surface area (Å²) in [5.41, 5.74) is 3.37. The molecule has 2 fully saturated rings. The molecule has 142 valence electrons. The van der Waals surface area contributed by atoms with Gasteiger partial charge in [-0.3, -0.25) is 19.9 Å². The molecule has 2 atom stereocenters. The SMILES string of the molecule is CC1(C)CNCCC1(C)c1ccc2ncc(C3CCC(=O)NC3=O)cc2c1. The van der Waals surface area contributed by atoms with Crippen LogP contribution in [0.2, 0.25) is 0 Å². The van der Waals surface area contributed by atoms with E-state index in [9.17, 15) is 9.59 Å². The summed E-state index contributed by atoms with van der Waals surface area (Å²) in [7, 11) is 0. The molecule has 2 N–H and O–H groups in total. The van der Waals surface area contributed by atoms with Crippen LogP contribution < -0.4 is 10.6 Å². The van der Waals surface area contributed by atoms with Crippen LogP contribution in [0.1, 0.15) is 57.1 Å². The molecule has 0 saturated carbocycles. The van der Waals surface area contributed by atoms with Crippen LogP contribution in [0.3, 0.4) is 0 Å². The lowest BCUT2D eigenvalue weighted by molar-refractivity contribution is -0.134. The zero-order valence-electron chi connectivity index (χ0n) is 16.3. The topological polar surface area (TPSA) is 71.1 Å². The van der Waals surface area contributed by atoms with Crippen LogP contribution in [0.25, 0.3) is 10.9 Å². The van der Waals surface area contributed by atoms with Gasteiger partial charge in [-0.15, -0.1) is 0 Å². The van der Waals surface area contributed by atoms with E-state index in [2.05, 4.69) is 60.7 Å². The molecule has 0 aliphatic carbocycles. The van der Waals surface area contributed by atoms with Gasteiger partial charge < -0.3 is 5.32 Å². The minimum Gasteiger partial charge on any atom is -0.316 e. The highest BCUT2D eigenvalue weighted by Gasteiger charge is 2.44. The lowest BCUT2D eigenvalue weighted by atomic mass is 9.59. The van der Waals surface area contributed by atoms with Crippen LogP contribution in [-0.4, -0.2) is 29.9 Å². The molecule has 2 aliphatic heterocycles. The molecule has 5 heteroatoms. The number of nitrogens with zero attached hydrogens (tertiary/aromatic N) is 1. The van der Waals surface area contributed by atoms with Crippen molar-refractivity contribution in [1.82, 2.24) is 15.6 Å². The van der Waals surface area contributed by atoms with Crippen LogP contribution in [0.15, 0.2) is 30.5 Å². The first-order chi connectivity index (χ1) is 12.8. The Bertz CT molecular complexity index is 921. The van der Waals surface area contributed by atoms with Crippen molar-refractivity contribution in [2.24, 2.45) is 5.41 Å². The number of fused-ring (bicyclic) bond motifs is 1. The summed E-state index contributed by atoms with van der Waals surface area (Å²) >= 11 is 0. The van der Waals surface area contributed by atoms with E-state index in [-0.39, 0.29) is 28.6 Å². The molecule has 1 aromatic carbocycles. The van der Waals surface area contributed by atoms with Gasteiger partial charge in [0.05, 0.1) is 11.4 Å². The average molecular weight is 365 g/mol. The van der Waals surface area contributed by atoms with Gasteiger partial charge in [0.2, 0.25) is 11.8 Å². The molecule has 0 bridgehead atoms. The number of aromatic nitrogens is 1. The summed E-state index contributed by atoms with van der Waals surface area (Å²) < 4.78 is 0. The zero-order chi connectivity index (χ0) is 19.2. The molecule has 2 saturated heterocycles. The van der Waals surface area contributed by atoms with E-state index in [0.29, 0.717) is 12.8 Å². The molecule has 2 amide bonds. The number of carbonyl (C=O) groups is 2. The van der Waals surface area contributed by atoms with Crippen molar-refractivity contribution in [3.8, 4) is 0 Å². The number of benzene rings is 1. The van der Waals surface area contributed by atoms with Crippen LogP contribution >= 0.6 is 0 Å². The minimum atomic E-state index is -0.297. The van der Waals surface area contributed by atoms with Crippen LogP contribution in [0.5, 0.6) is 0 Å².